The van der Waals surface area contributed by atoms with Crippen molar-refractivity contribution in [1.29, 1.82) is 0 Å². The monoisotopic (exact) mass is 291 g/mol. The lowest BCUT2D eigenvalue weighted by Crippen LogP contribution is -2.28. The summed E-state index contributed by atoms with van der Waals surface area (Å²) >= 11 is 0. The minimum Gasteiger partial charge on any atom is -0.504 e. The number of benzene rings is 1. The molecule has 0 spiro atoms. The minimum absolute atomic E-state index is 0.210. The molecule has 1 fully saturated rings. The van der Waals surface area contributed by atoms with E-state index in [-0.39, 0.29) is 5.75 Å². The van der Waals surface area contributed by atoms with Crippen molar-refractivity contribution in [3.05, 3.63) is 35.9 Å². The molecule has 1 unspecified atom stereocenters. The van der Waals surface area contributed by atoms with E-state index in [9.17, 15) is 5.11 Å². The normalized spacial score (nSPS) is 18.4. The van der Waals surface area contributed by atoms with Crippen LogP contribution < -0.4 is 10.1 Å². The van der Waals surface area contributed by atoms with Gasteiger partial charge in [0.2, 0.25) is 0 Å². The summed E-state index contributed by atoms with van der Waals surface area (Å²) < 4.78 is 10.7. The summed E-state index contributed by atoms with van der Waals surface area (Å²) in [5, 5.41) is 13.5. The fourth-order valence-electron chi connectivity index (χ4n) is 2.69. The van der Waals surface area contributed by atoms with Crippen molar-refractivity contribution in [1.82, 2.24) is 5.32 Å². The Morgan fingerprint density at radius 1 is 1.52 bits per heavy atom. The van der Waals surface area contributed by atoms with Crippen molar-refractivity contribution in [3.63, 3.8) is 0 Å². The molecule has 1 saturated heterocycles. The molecule has 0 bridgehead atoms. The van der Waals surface area contributed by atoms with Crippen LogP contribution in [0, 0.1) is 5.92 Å². The molecule has 0 amide bonds. The lowest BCUT2D eigenvalue weighted by molar-refractivity contribution is 0.0547. The first-order valence-corrected chi connectivity index (χ1v) is 7.52. The summed E-state index contributed by atoms with van der Waals surface area (Å²) in [6.45, 7) is 7.20. The molecule has 0 saturated carbocycles. The highest BCUT2D eigenvalue weighted by molar-refractivity contribution is 5.49. The van der Waals surface area contributed by atoms with Gasteiger partial charge in [0.1, 0.15) is 0 Å². The molecule has 0 aromatic heterocycles. The largest absolute Gasteiger partial charge is 0.504 e. The predicted octanol–water partition coefficient (Wildman–Crippen LogP) is 2.65. The molecule has 1 aliphatic rings. The number of hydrogen-bond donors (Lipinski definition) is 2. The number of hydrogen-bond acceptors (Lipinski definition) is 4. The van der Waals surface area contributed by atoms with Crippen molar-refractivity contribution in [2.75, 3.05) is 26.9 Å². The highest BCUT2D eigenvalue weighted by Gasteiger charge is 2.14. The summed E-state index contributed by atoms with van der Waals surface area (Å²) in [4.78, 5) is 0. The van der Waals surface area contributed by atoms with Crippen molar-refractivity contribution < 1.29 is 14.6 Å². The first kappa shape index (κ1) is 15.9. The van der Waals surface area contributed by atoms with Gasteiger partial charge in [-0.3, -0.25) is 0 Å². The van der Waals surface area contributed by atoms with Gasteiger partial charge in [-0.2, -0.15) is 0 Å². The third-order valence-electron chi connectivity index (χ3n) is 3.81. The summed E-state index contributed by atoms with van der Waals surface area (Å²) in [7, 11) is 1.57. The van der Waals surface area contributed by atoms with Crippen LogP contribution in [0.5, 0.6) is 11.5 Å². The zero-order valence-electron chi connectivity index (χ0n) is 12.7. The summed E-state index contributed by atoms with van der Waals surface area (Å²) in [5.74, 6) is 1.33. The van der Waals surface area contributed by atoms with Gasteiger partial charge in [-0.25, -0.2) is 0 Å². The maximum atomic E-state index is 10.1. The lowest BCUT2D eigenvalue weighted by atomic mass is 10.0. The van der Waals surface area contributed by atoms with Crippen molar-refractivity contribution in [2.24, 2.45) is 5.92 Å². The van der Waals surface area contributed by atoms with Crippen LogP contribution in [-0.4, -0.2) is 32.0 Å². The van der Waals surface area contributed by atoms with E-state index in [1.54, 1.807) is 13.2 Å². The Kier molecular flexibility index (Phi) is 6.08. The fraction of sp³-hybridized carbons (Fsp3) is 0.529. The smallest absolute Gasteiger partial charge is 0.161 e. The number of ether oxygens (including phenoxy) is 2. The Bertz CT molecular complexity index is 467. The van der Waals surface area contributed by atoms with Crippen LogP contribution in [0.15, 0.2) is 24.8 Å². The Morgan fingerprint density at radius 3 is 3.05 bits per heavy atom. The quantitative estimate of drug-likeness (QED) is 0.758. The van der Waals surface area contributed by atoms with Crippen LogP contribution in [0.2, 0.25) is 0 Å². The number of aromatic hydroxyl groups is 1. The average molecular weight is 291 g/mol. The molecule has 0 radical (unpaired) electrons. The Hall–Kier alpha value is -1.52. The van der Waals surface area contributed by atoms with E-state index in [4.69, 9.17) is 9.47 Å². The van der Waals surface area contributed by atoms with Gasteiger partial charge in [0.25, 0.3) is 0 Å². The minimum atomic E-state index is 0.210. The number of nitrogens with one attached hydrogen (secondary N) is 1. The third kappa shape index (κ3) is 4.48. The number of rotatable bonds is 7. The van der Waals surface area contributed by atoms with E-state index in [0.717, 1.165) is 43.9 Å². The van der Waals surface area contributed by atoms with Crippen molar-refractivity contribution >= 4 is 0 Å². The Balaban J connectivity index is 1.95. The fourth-order valence-corrected chi connectivity index (χ4v) is 2.69. The van der Waals surface area contributed by atoms with Gasteiger partial charge >= 0.3 is 0 Å². The van der Waals surface area contributed by atoms with E-state index in [2.05, 4.69) is 11.9 Å². The number of methoxy groups -OCH3 is 1. The molecule has 1 aliphatic heterocycles. The molecule has 2 N–H and O–H groups in total. The van der Waals surface area contributed by atoms with Gasteiger partial charge in [0, 0.05) is 25.3 Å². The van der Waals surface area contributed by atoms with E-state index in [0.29, 0.717) is 18.1 Å². The molecule has 2 rings (SSSR count). The van der Waals surface area contributed by atoms with Crippen molar-refractivity contribution in [2.45, 2.75) is 25.8 Å². The predicted molar refractivity (Wildman–Crippen MR) is 83.8 cm³/mol. The van der Waals surface area contributed by atoms with E-state index < -0.39 is 0 Å². The standard InChI is InChI=1S/C17H25NO3/c1-3-5-15-8-14(9-16(20-2)17(15)19)11-18-10-13-6-4-7-21-12-13/h3,8-9,13,18-19H,1,4-7,10-12H2,2H3. The molecule has 1 aromatic carbocycles. The van der Waals surface area contributed by atoms with Crippen LogP contribution in [0.4, 0.5) is 0 Å². The number of phenolic OH excluding ortho intramolecular Hbond substituents is 1. The summed E-state index contributed by atoms with van der Waals surface area (Å²) in [5.41, 5.74) is 1.96. The zero-order valence-corrected chi connectivity index (χ0v) is 12.7. The first-order chi connectivity index (χ1) is 10.2. The molecule has 4 nitrogen and oxygen atoms in total. The van der Waals surface area contributed by atoms with E-state index in [1.807, 2.05) is 12.1 Å². The van der Waals surface area contributed by atoms with E-state index >= 15 is 0 Å². The highest BCUT2D eigenvalue weighted by Crippen LogP contribution is 2.32. The van der Waals surface area contributed by atoms with E-state index in [1.165, 1.54) is 6.42 Å². The zero-order chi connectivity index (χ0) is 15.1. The molecule has 1 heterocycles. The molecule has 1 aromatic rings. The molecular weight excluding hydrogens is 266 g/mol. The van der Waals surface area contributed by atoms with Crippen LogP contribution in [0.25, 0.3) is 0 Å². The first-order valence-electron chi connectivity index (χ1n) is 7.52. The van der Waals surface area contributed by atoms with Gasteiger partial charge in [-0.15, -0.1) is 6.58 Å². The van der Waals surface area contributed by atoms with Crippen LogP contribution in [0.1, 0.15) is 24.0 Å². The second-order valence-electron chi connectivity index (χ2n) is 5.51. The topological polar surface area (TPSA) is 50.7 Å². The van der Waals surface area contributed by atoms with Gasteiger partial charge < -0.3 is 19.9 Å². The lowest BCUT2D eigenvalue weighted by Gasteiger charge is -2.22. The third-order valence-corrected chi connectivity index (χ3v) is 3.81. The maximum absolute atomic E-state index is 10.1. The number of phenols is 1. The Morgan fingerprint density at radius 2 is 2.38 bits per heavy atom. The summed E-state index contributed by atoms with van der Waals surface area (Å²) in [6.07, 6.45) is 4.80. The van der Waals surface area contributed by atoms with Crippen LogP contribution in [0.3, 0.4) is 0 Å². The molecule has 116 valence electrons. The van der Waals surface area contributed by atoms with Crippen molar-refractivity contribution in [3.8, 4) is 11.5 Å². The SMILES string of the molecule is C=CCc1cc(CNCC2CCCOC2)cc(OC)c1O. The second-order valence-corrected chi connectivity index (χ2v) is 5.51. The number of allylic oxidation sites excluding steroid dienone is 1. The Labute approximate surface area is 126 Å². The molecule has 4 heteroatoms. The highest BCUT2D eigenvalue weighted by atomic mass is 16.5. The van der Waals surface area contributed by atoms with Crippen LogP contribution in [-0.2, 0) is 17.7 Å². The maximum Gasteiger partial charge on any atom is 0.161 e. The average Bonchev–Trinajstić information content (AvgIpc) is 2.51. The van der Waals surface area contributed by atoms with Gasteiger partial charge in [-0.1, -0.05) is 12.1 Å². The molecule has 1 atom stereocenters. The summed E-state index contributed by atoms with van der Waals surface area (Å²) in [6, 6.07) is 3.89. The molecule has 0 aliphatic carbocycles. The van der Waals surface area contributed by atoms with Gasteiger partial charge in [0.15, 0.2) is 11.5 Å². The molecule has 21 heavy (non-hydrogen) atoms. The van der Waals surface area contributed by atoms with Gasteiger partial charge in [-0.05, 0) is 36.8 Å². The van der Waals surface area contributed by atoms with Crippen LogP contribution >= 0.6 is 0 Å². The molecular formula is C17H25NO3. The second kappa shape index (κ2) is 8.05. The van der Waals surface area contributed by atoms with Gasteiger partial charge in [0.05, 0.1) is 13.7 Å².